The van der Waals surface area contributed by atoms with Gasteiger partial charge in [-0.1, -0.05) is 11.2 Å². The fourth-order valence-electron chi connectivity index (χ4n) is 1.33. The van der Waals surface area contributed by atoms with Crippen LogP contribution in [0.2, 0.25) is 0 Å². The van der Waals surface area contributed by atoms with Gasteiger partial charge in [-0.3, -0.25) is 9.78 Å². The Hall–Kier alpha value is -2.11. The molecule has 0 fully saturated rings. The normalized spacial score (nSPS) is 14.1. The molecule has 1 aromatic heterocycles. The summed E-state index contributed by atoms with van der Waals surface area (Å²) in [5, 5.41) is 14.3. The summed E-state index contributed by atoms with van der Waals surface area (Å²) in [4.78, 5) is 16.0. The van der Waals surface area contributed by atoms with E-state index in [0.717, 1.165) is 5.56 Å². The summed E-state index contributed by atoms with van der Waals surface area (Å²) in [5.41, 5.74) is 5.32. The Labute approximate surface area is 106 Å². The number of rotatable bonds is 4. The molecule has 4 N–H and O–H groups in total. The maximum atomic E-state index is 12.0. The number of carbonyl (C=O) groups excluding carboxylic acids is 1. The molecule has 6 nitrogen and oxygen atoms in total. The van der Waals surface area contributed by atoms with Crippen molar-refractivity contribution >= 4 is 11.7 Å². The number of oxime groups is 1. The Morgan fingerprint density at radius 2 is 2.28 bits per heavy atom. The number of nitrogens with zero attached hydrogens (tertiary/aromatic N) is 2. The van der Waals surface area contributed by atoms with E-state index in [4.69, 9.17) is 10.9 Å². The number of hydrogen-bond donors (Lipinski definition) is 3. The third-order valence-electron chi connectivity index (χ3n) is 2.85. The lowest BCUT2D eigenvalue weighted by Crippen LogP contribution is -2.46. The molecule has 98 valence electrons. The predicted octanol–water partition coefficient (Wildman–Crippen LogP) is 1.03. The molecule has 1 atom stereocenters. The van der Waals surface area contributed by atoms with Crippen LogP contribution >= 0.6 is 0 Å². The molecular formula is C12H18N4O2. The molecule has 0 aliphatic carbocycles. The molecule has 1 aromatic rings. The van der Waals surface area contributed by atoms with Crippen LogP contribution in [0.15, 0.2) is 29.7 Å². The van der Waals surface area contributed by atoms with Gasteiger partial charge in [0.15, 0.2) is 5.84 Å². The summed E-state index contributed by atoms with van der Waals surface area (Å²) in [6.45, 7) is 5.03. The number of amidine groups is 1. The summed E-state index contributed by atoms with van der Waals surface area (Å²) < 4.78 is 0. The first kappa shape index (κ1) is 14.0. The number of hydrogen-bond acceptors (Lipinski definition) is 4. The smallest absolute Gasteiger partial charge is 0.233 e. The van der Waals surface area contributed by atoms with Crippen LogP contribution in [0, 0.1) is 5.41 Å². The van der Waals surface area contributed by atoms with Gasteiger partial charge in [0.2, 0.25) is 5.91 Å². The van der Waals surface area contributed by atoms with Gasteiger partial charge in [-0.2, -0.15) is 0 Å². The molecule has 1 unspecified atom stereocenters. The number of aromatic nitrogens is 1. The molecule has 0 bridgehead atoms. The molecule has 0 radical (unpaired) electrons. The van der Waals surface area contributed by atoms with Crippen LogP contribution in [0.1, 0.15) is 32.4 Å². The maximum Gasteiger partial charge on any atom is 0.233 e. The Bertz CT molecular complexity index is 443. The van der Waals surface area contributed by atoms with Crippen LogP contribution in [0.25, 0.3) is 0 Å². The van der Waals surface area contributed by atoms with Crippen molar-refractivity contribution in [1.82, 2.24) is 10.3 Å². The van der Waals surface area contributed by atoms with Crippen LogP contribution in [-0.2, 0) is 4.79 Å². The molecule has 0 aliphatic rings. The molecule has 6 heteroatoms. The zero-order chi connectivity index (χ0) is 13.8. The SMILES string of the molecule is CC(NC(=O)C(C)(C)C(N)=NO)c1cccnc1. The number of nitrogens with one attached hydrogen (secondary N) is 1. The highest BCUT2D eigenvalue weighted by Gasteiger charge is 2.33. The van der Waals surface area contributed by atoms with E-state index in [2.05, 4.69) is 15.5 Å². The molecule has 18 heavy (non-hydrogen) atoms. The number of amides is 1. The Morgan fingerprint density at radius 3 is 2.78 bits per heavy atom. The average Bonchev–Trinajstić information content (AvgIpc) is 2.38. The zero-order valence-corrected chi connectivity index (χ0v) is 10.7. The van der Waals surface area contributed by atoms with Crippen molar-refractivity contribution in [2.45, 2.75) is 26.8 Å². The maximum absolute atomic E-state index is 12.0. The van der Waals surface area contributed by atoms with Crippen LogP contribution < -0.4 is 11.1 Å². The Morgan fingerprint density at radius 1 is 1.61 bits per heavy atom. The standard InChI is InChI=1S/C12H18N4O2/c1-8(9-5-4-6-14-7-9)15-11(17)12(2,3)10(13)16-18/h4-8,18H,1-3H3,(H2,13,16)(H,15,17). The molecule has 1 heterocycles. The highest BCUT2D eigenvalue weighted by molar-refractivity contribution is 6.05. The zero-order valence-electron chi connectivity index (χ0n) is 10.7. The number of pyridine rings is 1. The van der Waals surface area contributed by atoms with E-state index >= 15 is 0 Å². The number of carbonyl (C=O) groups is 1. The topological polar surface area (TPSA) is 101 Å². The second-order valence-corrected chi connectivity index (χ2v) is 4.59. The lowest BCUT2D eigenvalue weighted by atomic mass is 9.90. The minimum atomic E-state index is -1.06. The van der Waals surface area contributed by atoms with Crippen molar-refractivity contribution in [3.05, 3.63) is 30.1 Å². The van der Waals surface area contributed by atoms with Crippen LogP contribution in [-0.4, -0.2) is 21.9 Å². The van der Waals surface area contributed by atoms with E-state index in [1.54, 1.807) is 32.3 Å². The van der Waals surface area contributed by atoms with Gasteiger partial charge in [0, 0.05) is 12.4 Å². The number of nitrogens with two attached hydrogens (primary N) is 1. The summed E-state index contributed by atoms with van der Waals surface area (Å²) in [5.74, 6) is -0.437. The predicted molar refractivity (Wildman–Crippen MR) is 68.0 cm³/mol. The lowest BCUT2D eigenvalue weighted by molar-refractivity contribution is -0.127. The van der Waals surface area contributed by atoms with Crippen LogP contribution in [0.3, 0.4) is 0 Å². The van der Waals surface area contributed by atoms with E-state index in [9.17, 15) is 4.79 Å². The van der Waals surface area contributed by atoms with Crippen molar-refractivity contribution < 1.29 is 10.0 Å². The van der Waals surface area contributed by atoms with E-state index in [1.807, 2.05) is 13.0 Å². The molecule has 1 amide bonds. The van der Waals surface area contributed by atoms with Crippen molar-refractivity contribution in [3.63, 3.8) is 0 Å². The van der Waals surface area contributed by atoms with E-state index in [1.165, 1.54) is 0 Å². The minimum absolute atomic E-state index is 0.126. The van der Waals surface area contributed by atoms with Gasteiger partial charge >= 0.3 is 0 Å². The fraction of sp³-hybridized carbons (Fsp3) is 0.417. The van der Waals surface area contributed by atoms with Crippen molar-refractivity contribution in [1.29, 1.82) is 0 Å². The molecule has 0 aliphatic heterocycles. The summed E-state index contributed by atoms with van der Waals surface area (Å²) in [6.07, 6.45) is 3.35. The lowest BCUT2D eigenvalue weighted by Gasteiger charge is -2.24. The molecule has 0 aromatic carbocycles. The first-order valence-corrected chi connectivity index (χ1v) is 5.58. The summed E-state index contributed by atoms with van der Waals surface area (Å²) >= 11 is 0. The Kier molecular flexibility index (Phi) is 4.25. The second kappa shape index (κ2) is 5.48. The highest BCUT2D eigenvalue weighted by atomic mass is 16.4. The molecule has 0 saturated heterocycles. The van der Waals surface area contributed by atoms with Gasteiger partial charge < -0.3 is 16.3 Å². The Balaban J connectivity index is 2.77. The van der Waals surface area contributed by atoms with Gasteiger partial charge in [-0.25, -0.2) is 0 Å². The average molecular weight is 250 g/mol. The first-order chi connectivity index (χ1) is 8.39. The van der Waals surface area contributed by atoms with E-state index in [0.29, 0.717) is 0 Å². The van der Waals surface area contributed by atoms with Crippen molar-refractivity contribution in [3.8, 4) is 0 Å². The van der Waals surface area contributed by atoms with Gasteiger partial charge in [0.25, 0.3) is 0 Å². The largest absolute Gasteiger partial charge is 0.409 e. The summed E-state index contributed by atoms with van der Waals surface area (Å²) in [6, 6.07) is 3.47. The molecule has 0 saturated carbocycles. The van der Waals surface area contributed by atoms with Crippen molar-refractivity contribution in [2.24, 2.45) is 16.3 Å². The third kappa shape index (κ3) is 2.97. The quantitative estimate of drug-likeness (QED) is 0.321. The van der Waals surface area contributed by atoms with Crippen molar-refractivity contribution in [2.75, 3.05) is 0 Å². The first-order valence-electron chi connectivity index (χ1n) is 5.58. The summed E-state index contributed by atoms with van der Waals surface area (Å²) in [7, 11) is 0. The van der Waals surface area contributed by atoms with Crippen LogP contribution in [0.5, 0.6) is 0 Å². The highest BCUT2D eigenvalue weighted by Crippen LogP contribution is 2.18. The monoisotopic (exact) mass is 250 g/mol. The van der Waals surface area contributed by atoms with Gasteiger partial charge in [-0.15, -0.1) is 0 Å². The fourth-order valence-corrected chi connectivity index (χ4v) is 1.33. The second-order valence-electron chi connectivity index (χ2n) is 4.59. The van der Waals surface area contributed by atoms with Crippen LogP contribution in [0.4, 0.5) is 0 Å². The third-order valence-corrected chi connectivity index (χ3v) is 2.85. The van der Waals surface area contributed by atoms with Gasteiger partial charge in [-0.05, 0) is 32.4 Å². The van der Waals surface area contributed by atoms with E-state index in [-0.39, 0.29) is 17.8 Å². The molecule has 1 rings (SSSR count). The van der Waals surface area contributed by atoms with Gasteiger partial charge in [0.1, 0.15) is 5.41 Å². The molecule has 0 spiro atoms. The molecular weight excluding hydrogens is 232 g/mol. The minimum Gasteiger partial charge on any atom is -0.409 e. The van der Waals surface area contributed by atoms with E-state index < -0.39 is 5.41 Å². The van der Waals surface area contributed by atoms with Gasteiger partial charge in [0.05, 0.1) is 6.04 Å².